The van der Waals surface area contributed by atoms with E-state index >= 15 is 0 Å². The average molecular weight is 1010 g/mol. The van der Waals surface area contributed by atoms with E-state index in [4.69, 9.17) is 14.2 Å². The topological polar surface area (TPSA) is 175 Å². The highest BCUT2D eigenvalue weighted by Crippen LogP contribution is 2.23. The summed E-state index contributed by atoms with van der Waals surface area (Å²) in [6.07, 6.45) is 55.7. The van der Waals surface area contributed by atoms with Crippen molar-refractivity contribution >= 4 is 11.9 Å². The largest absolute Gasteiger partial charge is 0.466 e. The zero-order valence-corrected chi connectivity index (χ0v) is 45.6. The van der Waals surface area contributed by atoms with Crippen LogP contribution in [0.15, 0.2) is 72.9 Å². The summed E-state index contributed by atoms with van der Waals surface area (Å²) in [5.41, 5.74) is 0. The van der Waals surface area contributed by atoms with Gasteiger partial charge in [-0.05, 0) is 103 Å². The maximum atomic E-state index is 13.0. The van der Waals surface area contributed by atoms with Crippen LogP contribution in [-0.4, -0.2) is 100 Å². The van der Waals surface area contributed by atoms with Crippen molar-refractivity contribution in [1.82, 2.24) is 5.32 Å². The second-order valence-corrected chi connectivity index (χ2v) is 20.0. The molecule has 0 bridgehead atoms. The second kappa shape index (κ2) is 50.3. The van der Waals surface area contributed by atoms with Crippen LogP contribution in [0.25, 0.3) is 0 Å². The highest BCUT2D eigenvalue weighted by Gasteiger charge is 2.44. The van der Waals surface area contributed by atoms with Gasteiger partial charge in [-0.15, -0.1) is 0 Å². The number of allylic oxidation sites excluding steroid dienone is 11. The fourth-order valence-electron chi connectivity index (χ4n) is 8.57. The number of esters is 1. The molecule has 1 amide bonds. The summed E-state index contributed by atoms with van der Waals surface area (Å²) in [6.45, 7) is 4.19. The maximum Gasteiger partial charge on any atom is 0.305 e. The van der Waals surface area contributed by atoms with Gasteiger partial charge in [-0.25, -0.2) is 0 Å². The third kappa shape index (κ3) is 39.5. The smallest absolute Gasteiger partial charge is 0.305 e. The lowest BCUT2D eigenvalue weighted by atomic mass is 9.99. The highest BCUT2D eigenvalue weighted by molar-refractivity contribution is 5.76. The van der Waals surface area contributed by atoms with Crippen LogP contribution in [-0.2, 0) is 23.8 Å². The molecule has 1 fully saturated rings. The van der Waals surface area contributed by atoms with Crippen LogP contribution in [0.2, 0.25) is 0 Å². The van der Waals surface area contributed by atoms with E-state index in [-0.39, 0.29) is 18.5 Å². The van der Waals surface area contributed by atoms with E-state index in [2.05, 4.69) is 79.9 Å². The van der Waals surface area contributed by atoms with Gasteiger partial charge in [0.15, 0.2) is 6.29 Å². The molecule has 0 spiro atoms. The minimum absolute atomic E-state index is 0.0446. The van der Waals surface area contributed by atoms with Gasteiger partial charge in [0.25, 0.3) is 0 Å². The Kier molecular flexibility index (Phi) is 46.9. The van der Waals surface area contributed by atoms with E-state index < -0.39 is 49.5 Å². The van der Waals surface area contributed by atoms with Crippen molar-refractivity contribution in [3.8, 4) is 0 Å². The Labute approximate surface area is 439 Å². The first-order valence-corrected chi connectivity index (χ1v) is 29.2. The highest BCUT2D eigenvalue weighted by atomic mass is 16.7. The van der Waals surface area contributed by atoms with Crippen LogP contribution >= 0.6 is 0 Å². The molecule has 0 saturated carbocycles. The van der Waals surface area contributed by atoms with Crippen molar-refractivity contribution in [2.45, 2.75) is 281 Å². The fourth-order valence-corrected chi connectivity index (χ4v) is 8.57. The lowest BCUT2D eigenvalue weighted by molar-refractivity contribution is -0.302. The van der Waals surface area contributed by atoms with E-state index in [1.165, 1.54) is 109 Å². The third-order valence-corrected chi connectivity index (χ3v) is 13.3. The molecule has 72 heavy (non-hydrogen) atoms. The van der Waals surface area contributed by atoms with Crippen LogP contribution in [0, 0.1) is 0 Å². The van der Waals surface area contributed by atoms with Crippen molar-refractivity contribution < 1.29 is 49.3 Å². The first kappa shape index (κ1) is 67.1. The molecule has 0 aromatic heterocycles. The van der Waals surface area contributed by atoms with Gasteiger partial charge < -0.3 is 45.1 Å². The van der Waals surface area contributed by atoms with Gasteiger partial charge in [0.05, 0.1) is 32.0 Å². The van der Waals surface area contributed by atoms with Gasteiger partial charge in [-0.1, -0.05) is 196 Å². The van der Waals surface area contributed by atoms with Gasteiger partial charge in [0.2, 0.25) is 5.91 Å². The summed E-state index contributed by atoms with van der Waals surface area (Å²) in [5.74, 6) is -0.250. The van der Waals surface area contributed by atoms with Gasteiger partial charge in [-0.3, -0.25) is 9.59 Å². The molecule has 0 aromatic rings. The SMILES string of the molecule is CCCC/C=C\C/C=C\CCCCCCCC(=O)OCCCCC/C=C\C=C/CCCCCCCCCCCCC(=O)NC(COC1OC(CO)C(O)C(O)C1O)C(O)/C=C/CC/C=C/CCCCCCC. The Morgan fingerprint density at radius 1 is 0.528 bits per heavy atom. The summed E-state index contributed by atoms with van der Waals surface area (Å²) < 4.78 is 16.6. The van der Waals surface area contributed by atoms with E-state index in [0.29, 0.717) is 19.4 Å². The molecule has 0 aliphatic carbocycles. The molecule has 1 heterocycles. The first-order valence-electron chi connectivity index (χ1n) is 29.2. The molecule has 1 saturated heterocycles. The lowest BCUT2D eigenvalue weighted by Gasteiger charge is -2.40. The summed E-state index contributed by atoms with van der Waals surface area (Å²) in [5, 5.41) is 54.2. The summed E-state index contributed by atoms with van der Waals surface area (Å²) in [7, 11) is 0. The number of hydrogen-bond donors (Lipinski definition) is 6. The minimum atomic E-state index is -1.58. The molecule has 7 unspecified atom stereocenters. The summed E-state index contributed by atoms with van der Waals surface area (Å²) in [4.78, 5) is 25.0. The summed E-state index contributed by atoms with van der Waals surface area (Å²) in [6, 6.07) is -0.836. The van der Waals surface area contributed by atoms with Crippen molar-refractivity contribution in [3.05, 3.63) is 72.9 Å². The second-order valence-electron chi connectivity index (χ2n) is 20.0. The predicted molar refractivity (Wildman–Crippen MR) is 296 cm³/mol. The average Bonchev–Trinajstić information content (AvgIpc) is 3.38. The quantitative estimate of drug-likeness (QED) is 0.0149. The van der Waals surface area contributed by atoms with E-state index in [1.54, 1.807) is 6.08 Å². The molecule has 0 aromatic carbocycles. The van der Waals surface area contributed by atoms with E-state index in [9.17, 15) is 35.1 Å². The Morgan fingerprint density at radius 3 is 1.58 bits per heavy atom. The zero-order valence-electron chi connectivity index (χ0n) is 45.6. The van der Waals surface area contributed by atoms with Crippen LogP contribution in [0.4, 0.5) is 0 Å². The van der Waals surface area contributed by atoms with E-state index in [0.717, 1.165) is 103 Å². The van der Waals surface area contributed by atoms with Crippen LogP contribution in [0.3, 0.4) is 0 Å². The lowest BCUT2D eigenvalue weighted by Crippen LogP contribution is -2.60. The molecule has 7 atom stereocenters. The molecule has 1 rings (SSSR count). The zero-order chi connectivity index (χ0) is 52.4. The standard InChI is InChI=1S/C61H107NO10/c1-3-5-7-9-11-13-15-16-25-29-33-37-41-45-49-57(66)70-50-46-42-38-34-30-26-23-21-19-17-18-20-22-24-28-32-36-40-44-48-56(65)62-53(52-71-61-60(69)59(68)58(67)55(51-63)72-61)54(64)47-43-39-35-31-27-14-12-10-8-6-4-2/h9,11,15-16,21,23,26-27,30-31,43,47,53-55,58-61,63-64,67-69H,3-8,10,12-14,17-20,22,24-25,28-29,32-42,44-46,48-52H2,1-2H3,(H,62,65)/b11-9-,16-15-,23-21-,30-26-,31-27+,47-43+. The Morgan fingerprint density at radius 2 is 1.00 bits per heavy atom. The molecule has 416 valence electrons. The maximum absolute atomic E-state index is 13.0. The van der Waals surface area contributed by atoms with Crippen LogP contribution < -0.4 is 5.32 Å². The molecule has 6 N–H and O–H groups in total. The number of aliphatic hydroxyl groups is 5. The monoisotopic (exact) mass is 1010 g/mol. The molecular weight excluding hydrogens is 907 g/mol. The molecule has 0 radical (unpaired) electrons. The number of aliphatic hydroxyl groups excluding tert-OH is 5. The minimum Gasteiger partial charge on any atom is -0.466 e. The summed E-state index contributed by atoms with van der Waals surface area (Å²) >= 11 is 0. The van der Waals surface area contributed by atoms with Crippen molar-refractivity contribution in [1.29, 1.82) is 0 Å². The van der Waals surface area contributed by atoms with Crippen molar-refractivity contribution in [3.63, 3.8) is 0 Å². The molecule has 11 heteroatoms. The van der Waals surface area contributed by atoms with Crippen LogP contribution in [0.5, 0.6) is 0 Å². The van der Waals surface area contributed by atoms with Gasteiger partial charge in [0, 0.05) is 12.8 Å². The Hall–Kier alpha value is -2.90. The number of unbranched alkanes of at least 4 members (excludes halogenated alkanes) is 26. The van der Waals surface area contributed by atoms with Crippen molar-refractivity contribution in [2.75, 3.05) is 19.8 Å². The molecule has 1 aliphatic heterocycles. The van der Waals surface area contributed by atoms with E-state index in [1.807, 2.05) is 6.08 Å². The van der Waals surface area contributed by atoms with Gasteiger partial charge in [0.1, 0.15) is 24.4 Å². The first-order chi connectivity index (χ1) is 35.2. The normalized spacial score (nSPS) is 19.6. The molecule has 11 nitrogen and oxygen atoms in total. The van der Waals surface area contributed by atoms with Crippen molar-refractivity contribution in [2.24, 2.45) is 0 Å². The third-order valence-electron chi connectivity index (χ3n) is 13.3. The van der Waals surface area contributed by atoms with Gasteiger partial charge in [-0.2, -0.15) is 0 Å². The number of hydrogen-bond acceptors (Lipinski definition) is 10. The Balaban J connectivity index is 2.11. The number of nitrogens with one attached hydrogen (secondary N) is 1. The number of amides is 1. The Bertz CT molecular complexity index is 1430. The number of carbonyl (C=O) groups excluding carboxylic acids is 2. The number of carbonyl (C=O) groups is 2. The molecule has 1 aliphatic rings. The van der Waals surface area contributed by atoms with Gasteiger partial charge >= 0.3 is 5.97 Å². The molecular formula is C61H107NO10. The predicted octanol–water partition coefficient (Wildman–Crippen LogP) is 13.2. The van der Waals surface area contributed by atoms with Crippen LogP contribution in [0.1, 0.15) is 239 Å². The fraction of sp³-hybridized carbons (Fsp3) is 0.770. The number of ether oxygens (including phenoxy) is 3. The number of rotatable bonds is 49.